The fourth-order valence-electron chi connectivity index (χ4n) is 1.56. The van der Waals surface area contributed by atoms with Crippen LogP contribution in [0.2, 0.25) is 0 Å². The Morgan fingerprint density at radius 1 is 1.40 bits per heavy atom. The van der Waals surface area contributed by atoms with Crippen molar-refractivity contribution in [3.63, 3.8) is 0 Å². The van der Waals surface area contributed by atoms with Crippen molar-refractivity contribution in [3.8, 4) is 0 Å². The molecule has 2 rings (SSSR count). The van der Waals surface area contributed by atoms with Crippen LogP contribution >= 0.6 is 11.8 Å². The number of rotatable bonds is 4. The Kier molecular flexibility index (Phi) is 3.14. The molecule has 0 amide bonds. The lowest BCUT2D eigenvalue weighted by molar-refractivity contribution is 0.865. The molecule has 0 saturated heterocycles. The van der Waals surface area contributed by atoms with Crippen LogP contribution in [0.25, 0.3) is 0 Å². The SMILES string of the molecule is CCSc1nc(C2CC2)nc(NC)c1C. The van der Waals surface area contributed by atoms with Crippen LogP contribution in [-0.4, -0.2) is 22.8 Å². The maximum atomic E-state index is 4.64. The molecule has 1 fully saturated rings. The average molecular weight is 223 g/mol. The van der Waals surface area contributed by atoms with Gasteiger partial charge in [-0.15, -0.1) is 11.8 Å². The molecule has 0 atom stereocenters. The summed E-state index contributed by atoms with van der Waals surface area (Å²) in [5, 5.41) is 4.29. The highest BCUT2D eigenvalue weighted by atomic mass is 32.2. The summed E-state index contributed by atoms with van der Waals surface area (Å²) >= 11 is 1.80. The lowest BCUT2D eigenvalue weighted by Gasteiger charge is -2.10. The van der Waals surface area contributed by atoms with Crippen LogP contribution in [0.1, 0.15) is 37.1 Å². The molecule has 82 valence electrons. The van der Waals surface area contributed by atoms with Crippen LogP contribution < -0.4 is 5.32 Å². The van der Waals surface area contributed by atoms with E-state index in [2.05, 4.69) is 29.1 Å². The zero-order valence-electron chi connectivity index (χ0n) is 9.50. The highest BCUT2D eigenvalue weighted by molar-refractivity contribution is 7.99. The number of nitrogens with one attached hydrogen (secondary N) is 1. The summed E-state index contributed by atoms with van der Waals surface area (Å²) in [5.74, 6) is 3.70. The topological polar surface area (TPSA) is 37.8 Å². The maximum Gasteiger partial charge on any atom is 0.135 e. The van der Waals surface area contributed by atoms with Crippen LogP contribution in [0.4, 0.5) is 5.82 Å². The van der Waals surface area contributed by atoms with Crippen molar-refractivity contribution in [1.29, 1.82) is 0 Å². The van der Waals surface area contributed by atoms with Gasteiger partial charge in [-0.05, 0) is 25.5 Å². The molecule has 15 heavy (non-hydrogen) atoms. The zero-order chi connectivity index (χ0) is 10.8. The number of anilines is 1. The Labute approximate surface area is 95.1 Å². The molecule has 0 bridgehead atoms. The number of thioether (sulfide) groups is 1. The highest BCUT2D eigenvalue weighted by Gasteiger charge is 2.28. The summed E-state index contributed by atoms with van der Waals surface area (Å²) in [6, 6.07) is 0. The van der Waals surface area contributed by atoms with Crippen molar-refractivity contribution in [2.75, 3.05) is 18.1 Å². The quantitative estimate of drug-likeness (QED) is 0.629. The molecule has 4 heteroatoms. The van der Waals surface area contributed by atoms with E-state index in [4.69, 9.17) is 0 Å². The van der Waals surface area contributed by atoms with Gasteiger partial charge in [0, 0.05) is 18.5 Å². The Morgan fingerprint density at radius 3 is 2.67 bits per heavy atom. The van der Waals surface area contributed by atoms with Crippen LogP contribution in [0.5, 0.6) is 0 Å². The molecule has 1 aromatic rings. The van der Waals surface area contributed by atoms with Crippen molar-refractivity contribution in [2.24, 2.45) is 0 Å². The van der Waals surface area contributed by atoms with E-state index < -0.39 is 0 Å². The van der Waals surface area contributed by atoms with Gasteiger partial charge in [-0.1, -0.05) is 6.92 Å². The molecular weight excluding hydrogens is 206 g/mol. The second-order valence-corrected chi connectivity index (χ2v) is 5.07. The van der Waals surface area contributed by atoms with Gasteiger partial charge in [-0.2, -0.15) is 0 Å². The molecular formula is C11H17N3S. The van der Waals surface area contributed by atoms with E-state index in [0.717, 1.165) is 22.4 Å². The highest BCUT2D eigenvalue weighted by Crippen LogP contribution is 2.39. The van der Waals surface area contributed by atoms with Gasteiger partial charge in [-0.25, -0.2) is 9.97 Å². The number of aromatic nitrogens is 2. The monoisotopic (exact) mass is 223 g/mol. The van der Waals surface area contributed by atoms with E-state index in [9.17, 15) is 0 Å². The molecule has 1 aliphatic carbocycles. The third kappa shape index (κ3) is 2.25. The van der Waals surface area contributed by atoms with Crippen LogP contribution in [0.3, 0.4) is 0 Å². The second kappa shape index (κ2) is 4.39. The summed E-state index contributed by atoms with van der Waals surface area (Å²) in [5.41, 5.74) is 1.17. The average Bonchev–Trinajstić information content (AvgIpc) is 3.05. The van der Waals surface area contributed by atoms with Crippen molar-refractivity contribution in [3.05, 3.63) is 11.4 Å². The molecule has 1 N–H and O–H groups in total. The molecule has 3 nitrogen and oxygen atoms in total. The second-order valence-electron chi connectivity index (χ2n) is 3.82. The third-order valence-electron chi connectivity index (χ3n) is 2.58. The van der Waals surface area contributed by atoms with Gasteiger partial charge >= 0.3 is 0 Å². The van der Waals surface area contributed by atoms with E-state index in [1.165, 1.54) is 18.4 Å². The molecule has 1 heterocycles. The predicted octanol–water partition coefficient (Wildman–Crippen LogP) is 2.82. The smallest absolute Gasteiger partial charge is 0.135 e. The fourth-order valence-corrected chi connectivity index (χ4v) is 2.30. The van der Waals surface area contributed by atoms with Crippen molar-refractivity contribution in [1.82, 2.24) is 9.97 Å². The summed E-state index contributed by atoms with van der Waals surface area (Å²) in [6.45, 7) is 4.24. The fraction of sp³-hybridized carbons (Fsp3) is 0.636. The molecule has 0 radical (unpaired) electrons. The summed E-state index contributed by atoms with van der Waals surface area (Å²) in [7, 11) is 1.92. The first kappa shape index (κ1) is 10.7. The van der Waals surface area contributed by atoms with Gasteiger partial charge in [0.2, 0.25) is 0 Å². The Bertz CT molecular complexity index is 361. The summed E-state index contributed by atoms with van der Waals surface area (Å²) in [4.78, 5) is 9.20. The lowest BCUT2D eigenvalue weighted by atomic mass is 10.3. The minimum Gasteiger partial charge on any atom is -0.373 e. The van der Waals surface area contributed by atoms with Gasteiger partial charge in [-0.3, -0.25) is 0 Å². The van der Waals surface area contributed by atoms with Crippen LogP contribution in [0.15, 0.2) is 5.03 Å². The normalized spacial score (nSPS) is 15.4. The van der Waals surface area contributed by atoms with Gasteiger partial charge in [0.1, 0.15) is 16.7 Å². The maximum absolute atomic E-state index is 4.64. The molecule has 0 aromatic carbocycles. The predicted molar refractivity (Wildman–Crippen MR) is 64.7 cm³/mol. The summed E-state index contributed by atoms with van der Waals surface area (Å²) < 4.78 is 0. The molecule has 0 unspecified atom stereocenters. The van der Waals surface area contributed by atoms with Crippen molar-refractivity contribution < 1.29 is 0 Å². The van der Waals surface area contributed by atoms with Gasteiger partial charge in [0.25, 0.3) is 0 Å². The van der Waals surface area contributed by atoms with E-state index in [1.54, 1.807) is 11.8 Å². The lowest BCUT2D eigenvalue weighted by Crippen LogP contribution is -2.04. The van der Waals surface area contributed by atoms with Crippen LogP contribution in [0, 0.1) is 6.92 Å². The molecule has 1 aromatic heterocycles. The van der Waals surface area contributed by atoms with E-state index >= 15 is 0 Å². The molecule has 1 saturated carbocycles. The Balaban J connectivity index is 2.37. The van der Waals surface area contributed by atoms with E-state index in [0.29, 0.717) is 5.92 Å². The van der Waals surface area contributed by atoms with Gasteiger partial charge in [0.15, 0.2) is 0 Å². The summed E-state index contributed by atoms with van der Waals surface area (Å²) in [6.07, 6.45) is 2.50. The van der Waals surface area contributed by atoms with Crippen molar-refractivity contribution in [2.45, 2.75) is 37.6 Å². The van der Waals surface area contributed by atoms with E-state index in [1.807, 2.05) is 7.05 Å². The van der Waals surface area contributed by atoms with Crippen LogP contribution in [-0.2, 0) is 0 Å². The Morgan fingerprint density at radius 2 is 2.13 bits per heavy atom. The molecule has 0 spiro atoms. The largest absolute Gasteiger partial charge is 0.373 e. The first-order valence-corrected chi connectivity index (χ1v) is 6.44. The Hall–Kier alpha value is -0.770. The number of hydrogen-bond donors (Lipinski definition) is 1. The number of hydrogen-bond acceptors (Lipinski definition) is 4. The number of nitrogens with zero attached hydrogens (tertiary/aromatic N) is 2. The minimum atomic E-state index is 0.619. The molecule has 0 aliphatic heterocycles. The first-order chi connectivity index (χ1) is 7.26. The molecule has 1 aliphatic rings. The van der Waals surface area contributed by atoms with Crippen molar-refractivity contribution >= 4 is 17.6 Å². The zero-order valence-corrected chi connectivity index (χ0v) is 10.3. The third-order valence-corrected chi connectivity index (χ3v) is 3.54. The van der Waals surface area contributed by atoms with E-state index in [-0.39, 0.29) is 0 Å². The van der Waals surface area contributed by atoms with Gasteiger partial charge in [0.05, 0.1) is 0 Å². The first-order valence-electron chi connectivity index (χ1n) is 5.45. The minimum absolute atomic E-state index is 0.619. The standard InChI is InChI=1S/C11H17N3S/c1-4-15-11-7(2)9(12-3)13-10(14-11)8-5-6-8/h8H,4-6H2,1-3H3,(H,12,13,14). The van der Waals surface area contributed by atoms with Gasteiger partial charge < -0.3 is 5.32 Å².